The van der Waals surface area contributed by atoms with Gasteiger partial charge in [-0.2, -0.15) is 0 Å². The van der Waals surface area contributed by atoms with Gasteiger partial charge in [0.15, 0.2) is 0 Å². The van der Waals surface area contributed by atoms with Crippen molar-refractivity contribution in [2.45, 2.75) is 0 Å². The number of hydrogen-bond donors (Lipinski definition) is 0. The van der Waals surface area contributed by atoms with Gasteiger partial charge in [-0.25, -0.2) is 0 Å². The minimum absolute atomic E-state index is 0.411. The van der Waals surface area contributed by atoms with Crippen molar-refractivity contribution in [2.75, 3.05) is 0 Å². The molecule has 0 saturated heterocycles. The molecule has 0 unspecified atom stereocenters. The molecule has 0 saturated carbocycles. The summed E-state index contributed by atoms with van der Waals surface area (Å²) in [4.78, 5) is 25.5. The second-order valence-corrected chi connectivity index (χ2v) is 9.85. The Hall–Kier alpha value is -2.97. The maximum atomic E-state index is 12.7. The molecule has 0 fully saturated rings. The molecular formula is C20H13O4P. The van der Waals surface area contributed by atoms with Crippen LogP contribution < -0.4 is 15.9 Å². The quantitative estimate of drug-likeness (QED) is 0.668. The van der Waals surface area contributed by atoms with E-state index >= 15 is 0 Å². The Morgan fingerprint density at radius 1 is 0.560 bits per heavy atom. The third-order valence-corrected chi connectivity index (χ3v) is 9.64. The molecule has 0 atom stereocenters. The molecule has 0 N–H and O–H groups in total. The van der Waals surface area contributed by atoms with Crippen LogP contribution in [0.1, 0.15) is 20.7 Å². The molecule has 5 rings (SSSR count). The fraction of sp³-hybridized carbons (Fsp3) is 0. The average Bonchev–Trinajstić information content (AvgIpc) is 3.09. The Labute approximate surface area is 144 Å². The van der Waals surface area contributed by atoms with Crippen molar-refractivity contribution in [3.8, 4) is 0 Å². The van der Waals surface area contributed by atoms with E-state index in [4.69, 9.17) is 9.05 Å². The van der Waals surface area contributed by atoms with E-state index in [-0.39, 0.29) is 0 Å². The Morgan fingerprint density at radius 2 is 1.00 bits per heavy atom. The SMILES string of the molecule is O=C1OP2(c3ccccc3)(c3ccccc3)OC(=O)c3cccc1c32. The van der Waals surface area contributed by atoms with Gasteiger partial charge in [0, 0.05) is 0 Å². The molecule has 2 aliphatic heterocycles. The molecule has 4 nitrogen and oxygen atoms in total. The van der Waals surface area contributed by atoms with Crippen LogP contribution in [-0.2, 0) is 9.05 Å². The van der Waals surface area contributed by atoms with Crippen molar-refractivity contribution in [1.82, 2.24) is 0 Å². The van der Waals surface area contributed by atoms with E-state index in [0.717, 1.165) is 0 Å². The zero-order valence-corrected chi connectivity index (χ0v) is 14.0. The first-order valence-electron chi connectivity index (χ1n) is 7.92. The number of benzene rings is 3. The fourth-order valence-electron chi connectivity index (χ4n) is 3.85. The van der Waals surface area contributed by atoms with Crippen molar-refractivity contribution in [3.05, 3.63) is 90.0 Å². The molecule has 2 aliphatic rings. The topological polar surface area (TPSA) is 52.6 Å². The molecule has 0 radical (unpaired) electrons. The van der Waals surface area contributed by atoms with Crippen molar-refractivity contribution in [1.29, 1.82) is 0 Å². The van der Waals surface area contributed by atoms with Gasteiger partial charge < -0.3 is 0 Å². The van der Waals surface area contributed by atoms with Crippen LogP contribution in [0.15, 0.2) is 78.9 Å². The van der Waals surface area contributed by atoms with E-state index in [1.807, 2.05) is 60.7 Å². The summed E-state index contributed by atoms with van der Waals surface area (Å²) < 4.78 is 12.2. The predicted molar refractivity (Wildman–Crippen MR) is 96.0 cm³/mol. The van der Waals surface area contributed by atoms with Gasteiger partial charge in [-0.3, -0.25) is 0 Å². The van der Waals surface area contributed by atoms with E-state index < -0.39 is 19.0 Å². The Morgan fingerprint density at radius 3 is 1.44 bits per heavy atom. The summed E-state index contributed by atoms with van der Waals surface area (Å²) in [5, 5.41) is 2.02. The standard InChI is InChI=1S/C20H13O4P/c21-19-16-12-7-13-17-18(16)25(23-19,24-20(17)22,14-8-3-1-4-9-14)15-10-5-2-6-11-15/h1-13H. The van der Waals surface area contributed by atoms with E-state index in [0.29, 0.717) is 27.0 Å². The van der Waals surface area contributed by atoms with E-state index in [1.54, 1.807) is 18.2 Å². The summed E-state index contributed by atoms with van der Waals surface area (Å²) in [6, 6.07) is 23.7. The number of carbonyl (C=O) groups is 2. The van der Waals surface area contributed by atoms with Gasteiger partial charge in [-0.1, -0.05) is 0 Å². The number of rotatable bonds is 2. The molecule has 0 aromatic heterocycles. The van der Waals surface area contributed by atoms with Crippen LogP contribution in [0.3, 0.4) is 0 Å². The Balaban J connectivity index is 2.03. The maximum absolute atomic E-state index is 12.7. The monoisotopic (exact) mass is 348 g/mol. The molecule has 3 aromatic carbocycles. The van der Waals surface area contributed by atoms with Gasteiger partial charge in [-0.15, -0.1) is 0 Å². The number of carbonyl (C=O) groups excluding carboxylic acids is 2. The molecule has 0 amide bonds. The normalized spacial score (nSPS) is 20.1. The molecule has 0 aliphatic carbocycles. The van der Waals surface area contributed by atoms with Gasteiger partial charge >= 0.3 is 144 Å². The van der Waals surface area contributed by atoms with Gasteiger partial charge in [0.1, 0.15) is 0 Å². The van der Waals surface area contributed by atoms with Gasteiger partial charge in [0.05, 0.1) is 0 Å². The van der Waals surface area contributed by atoms with Gasteiger partial charge in [-0.05, 0) is 0 Å². The first-order chi connectivity index (χ1) is 12.2. The Kier molecular flexibility index (Phi) is 2.62. The van der Waals surface area contributed by atoms with E-state index in [9.17, 15) is 9.59 Å². The number of hydrogen-bond acceptors (Lipinski definition) is 4. The molecule has 5 heteroatoms. The predicted octanol–water partition coefficient (Wildman–Crippen LogP) is 2.69. The van der Waals surface area contributed by atoms with Crippen LogP contribution in [0.25, 0.3) is 0 Å². The molecule has 0 spiro atoms. The van der Waals surface area contributed by atoms with Crippen molar-refractivity contribution in [3.63, 3.8) is 0 Å². The first-order valence-corrected chi connectivity index (χ1v) is 9.99. The van der Waals surface area contributed by atoms with E-state index in [2.05, 4.69) is 0 Å². The molecule has 3 aromatic rings. The van der Waals surface area contributed by atoms with Crippen LogP contribution >= 0.6 is 7.06 Å². The summed E-state index contributed by atoms with van der Waals surface area (Å²) in [5.74, 6) is -0.899. The van der Waals surface area contributed by atoms with Crippen molar-refractivity contribution >= 4 is 34.9 Å². The minimum atomic E-state index is -4.07. The van der Waals surface area contributed by atoms with Gasteiger partial charge in [0.25, 0.3) is 0 Å². The third-order valence-electron chi connectivity index (χ3n) is 4.85. The summed E-state index contributed by atoms with van der Waals surface area (Å²) >= 11 is 0. The van der Waals surface area contributed by atoms with Crippen molar-refractivity contribution in [2.24, 2.45) is 0 Å². The zero-order chi connectivity index (χ0) is 17.1. The second kappa shape index (κ2) is 4.56. The molecule has 25 heavy (non-hydrogen) atoms. The molecule has 2 heterocycles. The van der Waals surface area contributed by atoms with Crippen molar-refractivity contribution < 1.29 is 18.6 Å². The average molecular weight is 348 g/mol. The van der Waals surface area contributed by atoms with Gasteiger partial charge in [0.2, 0.25) is 0 Å². The summed E-state index contributed by atoms with van der Waals surface area (Å²) in [6.45, 7) is 0. The fourth-order valence-corrected chi connectivity index (χ4v) is 8.77. The zero-order valence-electron chi connectivity index (χ0n) is 13.1. The van der Waals surface area contributed by atoms with Crippen LogP contribution in [0.4, 0.5) is 0 Å². The Bertz CT molecular complexity index is 964. The second-order valence-electron chi connectivity index (χ2n) is 6.09. The van der Waals surface area contributed by atoms with E-state index in [1.165, 1.54) is 0 Å². The van der Waals surface area contributed by atoms with Crippen LogP contribution in [-0.4, -0.2) is 11.9 Å². The van der Waals surface area contributed by atoms with Crippen LogP contribution in [0.5, 0.6) is 0 Å². The molecule has 122 valence electrons. The third kappa shape index (κ3) is 1.51. The molecule has 0 bridgehead atoms. The van der Waals surface area contributed by atoms with Crippen LogP contribution in [0.2, 0.25) is 0 Å². The van der Waals surface area contributed by atoms with Crippen LogP contribution in [0, 0.1) is 0 Å². The molecular weight excluding hydrogens is 335 g/mol. The summed E-state index contributed by atoms with van der Waals surface area (Å²) in [5.41, 5.74) is 0.822. The summed E-state index contributed by atoms with van der Waals surface area (Å²) in [7, 11) is -4.07. The first kappa shape index (κ1) is 14.4. The summed E-state index contributed by atoms with van der Waals surface area (Å²) in [6.07, 6.45) is 0.